The number of methoxy groups -OCH3 is 1. The zero-order valence-corrected chi connectivity index (χ0v) is 10.7. The SMILES string of the molecule is COc1cccc2c1C[C@H](O)[C@@H](c1ccccc1)O2. The molecule has 0 bridgehead atoms. The highest BCUT2D eigenvalue weighted by atomic mass is 16.5. The van der Waals surface area contributed by atoms with Gasteiger partial charge in [-0.25, -0.2) is 0 Å². The lowest BCUT2D eigenvalue weighted by molar-refractivity contribution is 0.0200. The molecule has 0 saturated carbocycles. The Kier molecular flexibility index (Phi) is 3.13. The van der Waals surface area contributed by atoms with Gasteiger partial charge in [-0.05, 0) is 17.7 Å². The first-order chi connectivity index (χ1) is 9.29. The molecule has 0 radical (unpaired) electrons. The molecule has 2 aromatic rings. The maximum Gasteiger partial charge on any atom is 0.150 e. The van der Waals surface area contributed by atoms with E-state index < -0.39 is 6.10 Å². The van der Waals surface area contributed by atoms with E-state index in [0.29, 0.717) is 6.42 Å². The molecule has 0 aliphatic carbocycles. The normalized spacial score (nSPS) is 21.4. The number of benzene rings is 2. The first-order valence-electron chi connectivity index (χ1n) is 6.35. The highest BCUT2D eigenvalue weighted by Crippen LogP contribution is 2.39. The Hall–Kier alpha value is -2.00. The Bertz CT molecular complexity index is 565. The molecule has 0 fully saturated rings. The Balaban J connectivity index is 1.97. The largest absolute Gasteiger partial charge is 0.496 e. The molecule has 3 rings (SSSR count). The summed E-state index contributed by atoms with van der Waals surface area (Å²) < 4.78 is 11.3. The summed E-state index contributed by atoms with van der Waals surface area (Å²) in [5, 5.41) is 10.3. The van der Waals surface area contributed by atoms with Crippen LogP contribution < -0.4 is 9.47 Å². The maximum absolute atomic E-state index is 10.3. The molecule has 0 spiro atoms. The van der Waals surface area contributed by atoms with Gasteiger partial charge in [0.15, 0.2) is 0 Å². The predicted molar refractivity (Wildman–Crippen MR) is 72.5 cm³/mol. The van der Waals surface area contributed by atoms with Crippen LogP contribution >= 0.6 is 0 Å². The summed E-state index contributed by atoms with van der Waals surface area (Å²) in [5.41, 5.74) is 1.92. The molecular weight excluding hydrogens is 240 g/mol. The summed E-state index contributed by atoms with van der Waals surface area (Å²) in [4.78, 5) is 0. The topological polar surface area (TPSA) is 38.7 Å². The van der Waals surface area contributed by atoms with Crippen LogP contribution in [0, 0.1) is 0 Å². The number of hydrogen-bond donors (Lipinski definition) is 1. The molecule has 0 aromatic heterocycles. The smallest absolute Gasteiger partial charge is 0.150 e. The van der Waals surface area contributed by atoms with Gasteiger partial charge in [-0.15, -0.1) is 0 Å². The van der Waals surface area contributed by atoms with Crippen molar-refractivity contribution < 1.29 is 14.6 Å². The van der Waals surface area contributed by atoms with E-state index in [1.54, 1.807) is 7.11 Å². The van der Waals surface area contributed by atoms with E-state index in [1.807, 2.05) is 48.5 Å². The van der Waals surface area contributed by atoms with Gasteiger partial charge in [-0.3, -0.25) is 0 Å². The van der Waals surface area contributed by atoms with Crippen molar-refractivity contribution in [3.63, 3.8) is 0 Å². The van der Waals surface area contributed by atoms with Crippen molar-refractivity contribution in [3.8, 4) is 11.5 Å². The maximum atomic E-state index is 10.3. The fourth-order valence-corrected chi connectivity index (χ4v) is 2.51. The number of ether oxygens (including phenoxy) is 2. The van der Waals surface area contributed by atoms with Gasteiger partial charge in [-0.2, -0.15) is 0 Å². The number of aliphatic hydroxyl groups is 1. The highest BCUT2D eigenvalue weighted by molar-refractivity contribution is 5.47. The molecule has 3 nitrogen and oxygen atoms in total. The molecule has 0 unspecified atom stereocenters. The second kappa shape index (κ2) is 4.94. The second-order valence-electron chi connectivity index (χ2n) is 4.66. The summed E-state index contributed by atoms with van der Waals surface area (Å²) in [5.74, 6) is 1.56. The molecule has 1 aliphatic rings. The minimum absolute atomic E-state index is 0.319. The highest BCUT2D eigenvalue weighted by Gasteiger charge is 2.31. The first-order valence-corrected chi connectivity index (χ1v) is 6.35. The average Bonchev–Trinajstić information content (AvgIpc) is 2.47. The quantitative estimate of drug-likeness (QED) is 0.898. The molecule has 1 N–H and O–H groups in total. The van der Waals surface area contributed by atoms with Crippen LogP contribution in [0.2, 0.25) is 0 Å². The van der Waals surface area contributed by atoms with Gasteiger partial charge in [0, 0.05) is 12.0 Å². The molecule has 1 aliphatic heterocycles. The third-order valence-electron chi connectivity index (χ3n) is 3.45. The minimum Gasteiger partial charge on any atom is -0.496 e. The van der Waals surface area contributed by atoms with Crippen LogP contribution in [0.5, 0.6) is 11.5 Å². The van der Waals surface area contributed by atoms with Crippen molar-refractivity contribution in [2.75, 3.05) is 7.11 Å². The Labute approximate surface area is 112 Å². The lowest BCUT2D eigenvalue weighted by atomic mass is 9.94. The minimum atomic E-state index is -0.564. The van der Waals surface area contributed by atoms with Crippen LogP contribution in [-0.2, 0) is 6.42 Å². The van der Waals surface area contributed by atoms with Gasteiger partial charge in [0.2, 0.25) is 0 Å². The van der Waals surface area contributed by atoms with Gasteiger partial charge in [0.1, 0.15) is 17.6 Å². The monoisotopic (exact) mass is 256 g/mol. The fourth-order valence-electron chi connectivity index (χ4n) is 2.51. The van der Waals surface area contributed by atoms with E-state index in [-0.39, 0.29) is 6.10 Å². The van der Waals surface area contributed by atoms with Crippen molar-refractivity contribution in [3.05, 3.63) is 59.7 Å². The second-order valence-corrected chi connectivity index (χ2v) is 4.66. The molecule has 2 aromatic carbocycles. The molecule has 98 valence electrons. The average molecular weight is 256 g/mol. The van der Waals surface area contributed by atoms with E-state index in [0.717, 1.165) is 22.6 Å². The van der Waals surface area contributed by atoms with E-state index in [4.69, 9.17) is 9.47 Å². The Morgan fingerprint density at radius 1 is 1.11 bits per heavy atom. The number of rotatable bonds is 2. The van der Waals surface area contributed by atoms with Gasteiger partial charge < -0.3 is 14.6 Å². The van der Waals surface area contributed by atoms with Gasteiger partial charge >= 0.3 is 0 Å². The third kappa shape index (κ3) is 2.17. The zero-order valence-electron chi connectivity index (χ0n) is 10.7. The molecular formula is C16H16O3. The zero-order chi connectivity index (χ0) is 13.2. The predicted octanol–water partition coefficient (Wildman–Crippen LogP) is 2.73. The van der Waals surface area contributed by atoms with Crippen molar-refractivity contribution in [2.24, 2.45) is 0 Å². The van der Waals surface area contributed by atoms with Crippen LogP contribution in [0.15, 0.2) is 48.5 Å². The summed E-state index contributed by atoms with van der Waals surface area (Å²) in [6.07, 6.45) is -0.342. The van der Waals surface area contributed by atoms with Crippen LogP contribution in [0.25, 0.3) is 0 Å². The molecule has 1 heterocycles. The van der Waals surface area contributed by atoms with Gasteiger partial charge in [0.25, 0.3) is 0 Å². The fraction of sp³-hybridized carbons (Fsp3) is 0.250. The van der Waals surface area contributed by atoms with E-state index in [9.17, 15) is 5.11 Å². The van der Waals surface area contributed by atoms with E-state index >= 15 is 0 Å². The lowest BCUT2D eigenvalue weighted by Crippen LogP contribution is -2.30. The third-order valence-corrected chi connectivity index (χ3v) is 3.45. The van der Waals surface area contributed by atoms with Crippen molar-refractivity contribution in [2.45, 2.75) is 18.6 Å². The number of fused-ring (bicyclic) bond motifs is 1. The lowest BCUT2D eigenvalue weighted by Gasteiger charge is -2.31. The van der Waals surface area contributed by atoms with Gasteiger partial charge in [0.05, 0.1) is 13.2 Å². The number of aliphatic hydroxyl groups excluding tert-OH is 1. The first kappa shape index (κ1) is 12.1. The summed E-state index contributed by atoms with van der Waals surface area (Å²) in [7, 11) is 1.63. The summed E-state index contributed by atoms with van der Waals surface area (Å²) in [6.45, 7) is 0. The van der Waals surface area contributed by atoms with Crippen LogP contribution in [0.3, 0.4) is 0 Å². The van der Waals surface area contributed by atoms with Crippen LogP contribution in [0.1, 0.15) is 17.2 Å². The Morgan fingerprint density at radius 2 is 1.89 bits per heavy atom. The molecule has 0 saturated heterocycles. The van der Waals surface area contributed by atoms with Crippen LogP contribution in [-0.4, -0.2) is 18.3 Å². The number of hydrogen-bond acceptors (Lipinski definition) is 3. The Morgan fingerprint density at radius 3 is 2.63 bits per heavy atom. The van der Waals surface area contributed by atoms with E-state index in [2.05, 4.69) is 0 Å². The molecule has 3 heteroatoms. The summed E-state index contributed by atoms with van der Waals surface area (Å²) >= 11 is 0. The van der Waals surface area contributed by atoms with Crippen molar-refractivity contribution in [1.82, 2.24) is 0 Å². The molecule has 19 heavy (non-hydrogen) atoms. The van der Waals surface area contributed by atoms with Crippen molar-refractivity contribution in [1.29, 1.82) is 0 Å². The van der Waals surface area contributed by atoms with Crippen molar-refractivity contribution >= 4 is 0 Å². The molecule has 2 atom stereocenters. The van der Waals surface area contributed by atoms with E-state index in [1.165, 1.54) is 0 Å². The molecule has 0 amide bonds. The van der Waals surface area contributed by atoms with Crippen LogP contribution in [0.4, 0.5) is 0 Å². The van der Waals surface area contributed by atoms with Gasteiger partial charge in [-0.1, -0.05) is 36.4 Å². The summed E-state index contributed by atoms with van der Waals surface area (Å²) in [6, 6.07) is 15.5. The standard InChI is InChI=1S/C16H16O3/c1-18-14-8-5-9-15-12(14)10-13(17)16(19-15)11-6-3-2-4-7-11/h2-9,13,16-17H,10H2,1H3/t13-,16+/m0/s1.